The Morgan fingerprint density at radius 1 is 0.477 bits per heavy atom. The molecule has 0 aliphatic heterocycles. The van der Waals surface area contributed by atoms with Crippen LogP contribution in [0.3, 0.4) is 0 Å². The number of aryl methyl sites for hydroxylation is 4. The minimum Gasteiger partial charge on any atom is -0.457 e. The highest BCUT2D eigenvalue weighted by Gasteiger charge is 2.11. The van der Waals surface area contributed by atoms with E-state index in [1.165, 1.54) is 33.0 Å². The molecule has 0 N–H and O–H groups in total. The number of carbonyl (C=O) groups is 2. The topological polar surface area (TPSA) is 52.6 Å². The van der Waals surface area contributed by atoms with Gasteiger partial charge in [0.1, 0.15) is 13.2 Å². The van der Waals surface area contributed by atoms with Gasteiger partial charge in [-0.1, -0.05) is 110 Å². The van der Waals surface area contributed by atoms with Gasteiger partial charge in [0.2, 0.25) is 0 Å². The summed E-state index contributed by atoms with van der Waals surface area (Å²) in [6.45, 7) is 11.1. The molecule has 0 aromatic heterocycles. The van der Waals surface area contributed by atoms with Crippen LogP contribution in [0.4, 0.5) is 0 Å². The van der Waals surface area contributed by atoms with Gasteiger partial charge >= 0.3 is 11.9 Å². The number of hydrogen-bond donors (Lipinski definition) is 0. The number of carbonyl (C=O) groups excluding carboxylic acids is 2. The van der Waals surface area contributed by atoms with Crippen molar-refractivity contribution in [3.05, 3.63) is 155 Å². The van der Waals surface area contributed by atoms with Gasteiger partial charge in [-0.15, -0.1) is 0 Å². The van der Waals surface area contributed by atoms with Gasteiger partial charge in [-0.25, -0.2) is 9.59 Å². The van der Waals surface area contributed by atoms with Crippen LogP contribution >= 0.6 is 0 Å². The second-order valence-corrected chi connectivity index (χ2v) is 11.4. The van der Waals surface area contributed by atoms with Gasteiger partial charge in [-0.05, 0) is 94.5 Å². The summed E-state index contributed by atoms with van der Waals surface area (Å²) in [5.74, 6) is -0.738. The van der Waals surface area contributed by atoms with E-state index in [2.05, 4.69) is 98.1 Å². The fraction of sp³-hybridized carbons (Fsp3) is 0.200. The van der Waals surface area contributed by atoms with E-state index >= 15 is 0 Å². The number of fused-ring (bicyclic) bond motifs is 2. The molecule has 0 atom stereocenters. The van der Waals surface area contributed by atoms with Crippen LogP contribution < -0.4 is 0 Å². The van der Waals surface area contributed by atoms with Gasteiger partial charge in [0.15, 0.2) is 0 Å². The average Bonchev–Trinajstić information content (AvgIpc) is 3.04. The molecule has 0 amide bonds. The molecule has 222 valence electrons. The lowest BCUT2D eigenvalue weighted by Crippen LogP contribution is -2.05. The zero-order valence-electron chi connectivity index (χ0n) is 25.5. The summed E-state index contributed by atoms with van der Waals surface area (Å²) < 4.78 is 10.8. The van der Waals surface area contributed by atoms with E-state index in [1.54, 1.807) is 13.8 Å². The zero-order valence-corrected chi connectivity index (χ0v) is 25.5. The average molecular weight is 583 g/mol. The molecule has 44 heavy (non-hydrogen) atoms. The first kappa shape index (κ1) is 30.5. The van der Waals surface area contributed by atoms with Crippen LogP contribution in [0, 0.1) is 0 Å². The highest BCUT2D eigenvalue weighted by atomic mass is 16.5. The maximum absolute atomic E-state index is 11.9. The molecule has 0 radical (unpaired) electrons. The first-order valence-electron chi connectivity index (χ1n) is 15.0. The smallest absolute Gasteiger partial charge is 0.333 e. The molecular formula is C40H38O4. The van der Waals surface area contributed by atoms with Crippen molar-refractivity contribution in [3.8, 4) is 0 Å². The first-order chi connectivity index (χ1) is 21.3. The summed E-state index contributed by atoms with van der Waals surface area (Å²) in [7, 11) is 0. The van der Waals surface area contributed by atoms with Gasteiger partial charge in [-0.3, -0.25) is 0 Å². The van der Waals surface area contributed by atoms with Crippen molar-refractivity contribution in [2.24, 2.45) is 0 Å². The van der Waals surface area contributed by atoms with Gasteiger partial charge in [0, 0.05) is 11.1 Å². The number of ether oxygens (including phenoxy) is 2. The molecule has 4 heteroatoms. The van der Waals surface area contributed by atoms with Crippen LogP contribution in [0.15, 0.2) is 121 Å². The summed E-state index contributed by atoms with van der Waals surface area (Å²) >= 11 is 0. The Morgan fingerprint density at radius 3 is 1.14 bits per heavy atom. The molecule has 0 bridgehead atoms. The molecule has 0 heterocycles. The highest BCUT2D eigenvalue weighted by molar-refractivity contribution is 5.91. The standard InChI is InChI=1S/C40H38O4/c1-27(2)39(41)43-25-33-23-21-31(35-9-5-7-11-37(33)35)19-17-29-13-15-30(16-14-29)18-20-32-22-24-34(26-44-40(42)28(3)4)38-12-8-6-10-36(32)38/h5-16,21-24H,1,3,17-20,25-26H2,2,4H3. The quantitative estimate of drug-likeness (QED) is 0.109. The normalized spacial score (nSPS) is 11.0. The van der Waals surface area contributed by atoms with Crippen molar-refractivity contribution in [2.45, 2.75) is 52.7 Å². The predicted molar refractivity (Wildman–Crippen MR) is 178 cm³/mol. The summed E-state index contributed by atoms with van der Waals surface area (Å²) in [6, 6.07) is 34.0. The Balaban J connectivity index is 1.22. The van der Waals surface area contributed by atoms with Crippen molar-refractivity contribution in [1.82, 2.24) is 0 Å². The maximum atomic E-state index is 11.9. The fourth-order valence-corrected chi connectivity index (χ4v) is 5.50. The van der Waals surface area contributed by atoms with Gasteiger partial charge in [0.05, 0.1) is 0 Å². The van der Waals surface area contributed by atoms with Crippen LogP contribution in [0.25, 0.3) is 21.5 Å². The number of rotatable bonds is 12. The van der Waals surface area contributed by atoms with Crippen LogP contribution in [-0.2, 0) is 58.0 Å². The third kappa shape index (κ3) is 7.33. The molecule has 0 unspecified atom stereocenters. The number of benzene rings is 5. The Morgan fingerprint density at radius 2 is 0.795 bits per heavy atom. The summed E-state index contributed by atoms with van der Waals surface area (Å²) in [5, 5.41) is 4.62. The molecule has 0 saturated heterocycles. The molecule has 0 saturated carbocycles. The molecule has 0 aliphatic carbocycles. The van der Waals surface area contributed by atoms with Gasteiger partial charge < -0.3 is 9.47 Å². The Bertz CT molecular complexity index is 1710. The molecule has 5 aromatic carbocycles. The molecular weight excluding hydrogens is 544 g/mol. The number of esters is 2. The van der Waals surface area contributed by atoms with E-state index in [9.17, 15) is 9.59 Å². The first-order valence-corrected chi connectivity index (χ1v) is 15.0. The van der Waals surface area contributed by atoms with E-state index in [1.807, 2.05) is 12.1 Å². The second-order valence-electron chi connectivity index (χ2n) is 11.4. The zero-order chi connectivity index (χ0) is 31.1. The molecule has 4 nitrogen and oxygen atoms in total. The van der Waals surface area contributed by atoms with Crippen LogP contribution in [-0.4, -0.2) is 11.9 Å². The van der Waals surface area contributed by atoms with Gasteiger partial charge in [0.25, 0.3) is 0 Å². The van der Waals surface area contributed by atoms with Crippen molar-refractivity contribution in [2.75, 3.05) is 0 Å². The minimum atomic E-state index is -0.369. The summed E-state index contributed by atoms with van der Waals surface area (Å²) in [6.07, 6.45) is 3.73. The fourth-order valence-electron chi connectivity index (χ4n) is 5.50. The van der Waals surface area contributed by atoms with E-state index in [-0.39, 0.29) is 25.2 Å². The maximum Gasteiger partial charge on any atom is 0.333 e. The Hall–Kier alpha value is -4.96. The largest absolute Gasteiger partial charge is 0.457 e. The highest BCUT2D eigenvalue weighted by Crippen LogP contribution is 2.27. The van der Waals surface area contributed by atoms with Crippen molar-refractivity contribution in [1.29, 1.82) is 0 Å². The Kier molecular flexibility index (Phi) is 9.71. The Labute approximate surface area is 259 Å². The third-order valence-corrected chi connectivity index (χ3v) is 8.01. The third-order valence-electron chi connectivity index (χ3n) is 8.01. The second kappa shape index (κ2) is 14.0. The van der Waals surface area contributed by atoms with Crippen molar-refractivity contribution in [3.63, 3.8) is 0 Å². The van der Waals surface area contributed by atoms with Crippen LogP contribution in [0.1, 0.15) is 47.2 Å². The molecule has 0 fully saturated rings. The number of hydrogen-bond acceptors (Lipinski definition) is 4. The molecule has 0 spiro atoms. The van der Waals surface area contributed by atoms with Crippen LogP contribution in [0.5, 0.6) is 0 Å². The van der Waals surface area contributed by atoms with Crippen molar-refractivity contribution < 1.29 is 19.1 Å². The van der Waals surface area contributed by atoms with Crippen LogP contribution in [0.2, 0.25) is 0 Å². The molecule has 5 rings (SSSR count). The van der Waals surface area contributed by atoms with E-state index < -0.39 is 0 Å². The molecule has 0 aliphatic rings. The SMILES string of the molecule is C=C(C)C(=O)OCc1ccc(CCc2ccc(CCc3ccc(COC(=O)C(=C)C)c4ccccc34)cc2)c2ccccc12. The lowest BCUT2D eigenvalue weighted by atomic mass is 9.94. The van der Waals surface area contributed by atoms with Gasteiger partial charge in [-0.2, -0.15) is 0 Å². The monoisotopic (exact) mass is 582 g/mol. The lowest BCUT2D eigenvalue weighted by Gasteiger charge is -2.13. The van der Waals surface area contributed by atoms with E-state index in [0.717, 1.165) is 47.6 Å². The van der Waals surface area contributed by atoms with E-state index in [0.29, 0.717) is 11.1 Å². The predicted octanol–water partition coefficient (Wildman–Crippen LogP) is 8.80. The summed E-state index contributed by atoms with van der Waals surface area (Å²) in [4.78, 5) is 23.8. The summed E-state index contributed by atoms with van der Waals surface area (Å²) in [5.41, 5.74) is 7.97. The van der Waals surface area contributed by atoms with E-state index in [4.69, 9.17) is 9.47 Å². The lowest BCUT2D eigenvalue weighted by molar-refractivity contribution is -0.141. The van der Waals surface area contributed by atoms with Crippen molar-refractivity contribution >= 4 is 33.5 Å². The minimum absolute atomic E-state index is 0.235. The molecule has 5 aromatic rings.